The van der Waals surface area contributed by atoms with Crippen molar-refractivity contribution in [3.63, 3.8) is 0 Å². The number of benzene rings is 9. The number of fused-ring (bicyclic) bond motifs is 3. The molecule has 12 rings (SSSR count). The van der Waals surface area contributed by atoms with Gasteiger partial charge >= 0.3 is 11.0 Å². The molecule has 0 saturated heterocycles. The van der Waals surface area contributed by atoms with Gasteiger partial charge in [-0.2, -0.15) is 26.3 Å². The molecule has 6 N–H and O–H groups in total. The molecule has 0 spiro atoms. The standard InChI is InChI=1S/C23H20ClN3O4S2.C23H18F3N3O4S2.C23H18F3N3O2S2/c1-25-33(30,31)21-6-4-3-5-18(21)16-8-11-19-20(13-16)27-23(26-19)12-9-15-7-10-17(24)14-22(15)32(2,28)29;1-27-35(32,33)21-5-3-2-4-18(21)16-9-12-19-20(14-16)29-22(28-19)13-8-15-6-10-17(11-7-15)34(30,31)23(24,25)26;1-27-33(30,31)21-5-3-2-4-18(21)16-9-12-19-20(14-16)29-22(28-19)13-8-15-6-10-17(11-7-15)32-23(24,25)26/h3-14,25H,1-2H3,(H,26,27);2-14,27H,1H3,(H,28,29);2-14,27H,1H3,(H,28,29)/b12-9+;2*13-8+. The molecule has 12 aromatic rings. The molecule has 0 radical (unpaired) electrons. The van der Waals surface area contributed by atoms with Gasteiger partial charge < -0.3 is 15.0 Å². The molecule has 101 heavy (non-hydrogen) atoms. The molecule has 9 aromatic carbocycles. The number of rotatable bonds is 18. The third kappa shape index (κ3) is 17.8. The predicted molar refractivity (Wildman–Crippen MR) is 383 cm³/mol. The van der Waals surface area contributed by atoms with Gasteiger partial charge in [0.15, 0.2) is 9.84 Å². The van der Waals surface area contributed by atoms with Gasteiger partial charge in [0, 0.05) is 32.9 Å². The van der Waals surface area contributed by atoms with Crippen molar-refractivity contribution in [3.05, 3.63) is 233 Å². The molecule has 3 aromatic heterocycles. The van der Waals surface area contributed by atoms with Gasteiger partial charge in [-0.1, -0.05) is 127 Å². The van der Waals surface area contributed by atoms with E-state index in [9.17, 15) is 68.4 Å². The van der Waals surface area contributed by atoms with Crippen LogP contribution in [-0.2, 0) is 49.7 Å². The number of imidazole rings is 3. The summed E-state index contributed by atoms with van der Waals surface area (Å²) in [6.07, 6.45) is 11.1. The zero-order valence-corrected chi connectivity index (χ0v) is 58.6. The SMILES string of the molecule is CNS(=O)(=O)c1ccccc1-c1ccc2nc(/C=C/c3ccc(Cl)cc3S(C)(=O)=O)[nH]c2c1.CNS(=O)(=O)c1ccccc1-c1ccc2nc(/C=C/c3ccc(S(=O)(=O)C(F)(F)F)cc3)[nH]c2c1.CNS(=O)(=O)c1ccccc1-c1ccc2nc(/C=C/c3ccc(SC(F)(F)F)cc3)[nH]c2c1. The lowest BCUT2D eigenvalue weighted by atomic mass is 10.1. The highest BCUT2D eigenvalue weighted by molar-refractivity contribution is 8.00. The largest absolute Gasteiger partial charge is 0.501 e. The van der Waals surface area contributed by atoms with Crippen molar-refractivity contribution >= 4 is 143 Å². The summed E-state index contributed by atoms with van der Waals surface area (Å²) in [5, 5.41) is 0.337. The minimum absolute atomic E-state index is 0.122. The Morgan fingerprint density at radius 3 is 1.12 bits per heavy atom. The van der Waals surface area contributed by atoms with E-state index in [1.165, 1.54) is 57.5 Å². The Bertz CT molecular complexity index is 5810. The second-order valence-electron chi connectivity index (χ2n) is 21.8. The van der Waals surface area contributed by atoms with Gasteiger partial charge in [-0.15, -0.1) is 0 Å². The van der Waals surface area contributed by atoms with Gasteiger partial charge in [0.05, 0.1) is 57.6 Å². The van der Waals surface area contributed by atoms with Crippen LogP contribution in [0.5, 0.6) is 0 Å². The number of halogens is 7. The van der Waals surface area contributed by atoms with E-state index < -0.39 is 65.7 Å². The molecule has 19 nitrogen and oxygen atoms in total. The first-order chi connectivity index (χ1) is 47.6. The number of nitrogens with zero attached hydrogens (tertiary/aromatic N) is 3. The number of alkyl halides is 6. The molecule has 0 aliphatic carbocycles. The number of aromatic amines is 3. The molecule has 3 heterocycles. The van der Waals surface area contributed by atoms with E-state index in [0.717, 1.165) is 29.5 Å². The summed E-state index contributed by atoms with van der Waals surface area (Å²) in [6, 6.07) is 51.2. The fourth-order valence-corrected chi connectivity index (χ4v) is 15.4. The highest BCUT2D eigenvalue weighted by atomic mass is 35.5. The van der Waals surface area contributed by atoms with Crippen LogP contribution in [0.25, 0.3) is 103 Å². The first-order valence-corrected chi connectivity index (χ1v) is 38.6. The minimum atomic E-state index is -5.40. The summed E-state index contributed by atoms with van der Waals surface area (Å²) in [6.45, 7) is 0. The Hall–Kier alpha value is -9.54. The normalized spacial score (nSPS) is 12.7. The van der Waals surface area contributed by atoms with Crippen molar-refractivity contribution in [1.82, 2.24) is 44.1 Å². The summed E-state index contributed by atoms with van der Waals surface area (Å²) in [5.74, 6) is 1.53. The first kappa shape index (κ1) is 74.2. The smallest absolute Gasteiger partial charge is 0.338 e. The molecule has 32 heteroatoms. The minimum Gasteiger partial charge on any atom is -0.338 e. The molecular weight excluding hydrogens is 1460 g/mol. The number of H-pyrrole nitrogens is 3. The van der Waals surface area contributed by atoms with Crippen LogP contribution < -0.4 is 14.2 Å². The van der Waals surface area contributed by atoms with Crippen LogP contribution >= 0.6 is 23.4 Å². The topological polar surface area (TPSA) is 293 Å². The van der Waals surface area contributed by atoms with E-state index in [2.05, 4.69) is 44.1 Å². The lowest BCUT2D eigenvalue weighted by Gasteiger charge is -2.09. The van der Waals surface area contributed by atoms with E-state index in [4.69, 9.17) is 11.6 Å². The second kappa shape index (κ2) is 30.0. The summed E-state index contributed by atoms with van der Waals surface area (Å²) in [4.78, 5) is 22.8. The van der Waals surface area contributed by atoms with E-state index in [1.54, 1.807) is 164 Å². The van der Waals surface area contributed by atoms with Gasteiger partial charge in [-0.25, -0.2) is 71.2 Å². The average Bonchev–Trinajstić information content (AvgIpc) is 1.79. The maximum atomic E-state index is 12.7. The maximum absolute atomic E-state index is 12.7. The van der Waals surface area contributed by atoms with Gasteiger partial charge in [0.25, 0.3) is 9.84 Å². The summed E-state index contributed by atoms with van der Waals surface area (Å²) in [7, 11) is -15.7. The number of hydrogen-bond donors (Lipinski definition) is 6. The van der Waals surface area contributed by atoms with Crippen LogP contribution in [0.2, 0.25) is 5.02 Å². The van der Waals surface area contributed by atoms with Crippen LogP contribution in [0.15, 0.2) is 223 Å². The van der Waals surface area contributed by atoms with Crippen molar-refractivity contribution in [2.24, 2.45) is 0 Å². The Kier molecular flexibility index (Phi) is 22.0. The van der Waals surface area contributed by atoms with Crippen LogP contribution in [0.3, 0.4) is 0 Å². The lowest BCUT2D eigenvalue weighted by molar-refractivity contribution is -0.0436. The maximum Gasteiger partial charge on any atom is 0.501 e. The quantitative estimate of drug-likeness (QED) is 0.0344. The number of thioether (sulfide) groups is 1. The van der Waals surface area contributed by atoms with Gasteiger partial charge in [0.2, 0.25) is 30.1 Å². The fraction of sp³-hybridized carbons (Fsp3) is 0.0870. The number of sulfone groups is 2. The molecule has 0 bridgehead atoms. The van der Waals surface area contributed by atoms with Crippen LogP contribution in [0, 0.1) is 0 Å². The Balaban J connectivity index is 0.000000163. The third-order valence-corrected chi connectivity index (χ3v) is 23.1. The van der Waals surface area contributed by atoms with E-state index in [-0.39, 0.29) is 36.2 Å². The van der Waals surface area contributed by atoms with Crippen molar-refractivity contribution in [1.29, 1.82) is 0 Å². The Labute approximate surface area is 585 Å². The van der Waals surface area contributed by atoms with Gasteiger partial charge in [0.1, 0.15) is 17.5 Å². The van der Waals surface area contributed by atoms with Crippen LogP contribution in [0.1, 0.15) is 34.2 Å². The first-order valence-electron chi connectivity index (χ1n) is 29.5. The highest BCUT2D eigenvalue weighted by Gasteiger charge is 2.46. The summed E-state index contributed by atoms with van der Waals surface area (Å²) in [5.41, 5.74) is -0.158. The van der Waals surface area contributed by atoms with E-state index in [0.29, 0.717) is 94.6 Å². The Morgan fingerprint density at radius 2 is 0.772 bits per heavy atom. The third-order valence-electron chi connectivity index (χ3n) is 15.0. The molecule has 0 fully saturated rings. The molecule has 0 saturated carbocycles. The van der Waals surface area contributed by atoms with Gasteiger partial charge in [-0.05, 0) is 182 Å². The van der Waals surface area contributed by atoms with E-state index in [1.807, 2.05) is 18.2 Å². The number of hydrogen-bond acceptors (Lipinski definition) is 14. The summed E-state index contributed by atoms with van der Waals surface area (Å²) < 4.78 is 204. The molecule has 0 aliphatic rings. The molecule has 522 valence electrons. The molecule has 0 amide bonds. The van der Waals surface area contributed by atoms with Crippen molar-refractivity contribution < 1.29 is 68.4 Å². The second-order valence-corrected chi connectivity index (χ2v) is 32.8. The number of sulfonamides is 3. The molecule has 0 unspecified atom stereocenters. The number of nitrogens with one attached hydrogen (secondary N) is 6. The Morgan fingerprint density at radius 1 is 0.416 bits per heavy atom. The zero-order chi connectivity index (χ0) is 72.9. The highest BCUT2D eigenvalue weighted by Crippen LogP contribution is 2.38. The van der Waals surface area contributed by atoms with Gasteiger partial charge in [-0.3, -0.25) is 0 Å². The average molecular weight is 1510 g/mol. The lowest BCUT2D eigenvalue weighted by Crippen LogP contribution is -2.23. The summed E-state index contributed by atoms with van der Waals surface area (Å²) >= 11 is 5.80. The van der Waals surface area contributed by atoms with E-state index >= 15 is 0 Å². The number of aromatic nitrogens is 6. The van der Waals surface area contributed by atoms with Crippen molar-refractivity contribution in [2.45, 2.75) is 40.4 Å². The monoisotopic (exact) mass is 1510 g/mol. The molecule has 0 atom stereocenters. The molecular formula is C69H56ClF6N9O10S6. The van der Waals surface area contributed by atoms with Crippen LogP contribution in [-0.4, -0.2) is 110 Å². The predicted octanol–water partition coefficient (Wildman–Crippen LogP) is 14.9. The van der Waals surface area contributed by atoms with Crippen molar-refractivity contribution in [3.8, 4) is 33.4 Å². The van der Waals surface area contributed by atoms with Crippen LogP contribution in [0.4, 0.5) is 26.3 Å². The molecule has 0 aliphatic heterocycles. The van der Waals surface area contributed by atoms with Crippen molar-refractivity contribution in [2.75, 3.05) is 27.4 Å². The fourth-order valence-electron chi connectivity index (χ4n) is 10.1. The zero-order valence-electron chi connectivity index (χ0n) is 53.0.